The maximum atomic E-state index is 11.9. The van der Waals surface area contributed by atoms with Gasteiger partial charge in [0.15, 0.2) is 0 Å². The molecular formula is C14H24N2O3. The highest BCUT2D eigenvalue weighted by Gasteiger charge is 2.55. The number of hydrogen-bond donors (Lipinski definition) is 2. The van der Waals surface area contributed by atoms with E-state index in [2.05, 4.69) is 10.6 Å². The topological polar surface area (TPSA) is 59.6 Å². The molecule has 5 heteroatoms. The lowest BCUT2D eigenvalue weighted by atomic mass is 9.71. The van der Waals surface area contributed by atoms with E-state index in [-0.39, 0.29) is 24.3 Å². The highest BCUT2D eigenvalue weighted by molar-refractivity contribution is 5.68. The number of nitrogens with one attached hydrogen (secondary N) is 2. The van der Waals surface area contributed by atoms with Crippen LogP contribution in [0.25, 0.3) is 0 Å². The number of fused-ring (bicyclic) bond motifs is 1. The van der Waals surface area contributed by atoms with Gasteiger partial charge in [-0.3, -0.25) is 0 Å². The van der Waals surface area contributed by atoms with Crippen LogP contribution in [0.3, 0.4) is 0 Å². The Morgan fingerprint density at radius 3 is 2.58 bits per heavy atom. The van der Waals surface area contributed by atoms with Crippen molar-refractivity contribution < 1.29 is 14.3 Å². The predicted octanol–water partition coefficient (Wildman–Crippen LogP) is 1.42. The first-order valence-electron chi connectivity index (χ1n) is 7.31. The molecule has 0 bridgehead atoms. The fourth-order valence-electron chi connectivity index (χ4n) is 3.07. The summed E-state index contributed by atoms with van der Waals surface area (Å²) in [6, 6.07) is 1.04. The average Bonchev–Trinajstić information content (AvgIpc) is 3.00. The fourth-order valence-corrected chi connectivity index (χ4v) is 3.07. The van der Waals surface area contributed by atoms with Crippen LogP contribution in [0, 0.1) is 5.92 Å². The standard InChI is InChI=1S/C14H24N2O3/c1-14(2,3)19-13(17)16-10-9-6-7-18-12(9)11(10)15-8-4-5-8/h8-12,15H,4-7H2,1-3H3,(H,16,17). The molecule has 4 unspecified atom stereocenters. The van der Waals surface area contributed by atoms with E-state index in [1.165, 1.54) is 12.8 Å². The predicted molar refractivity (Wildman–Crippen MR) is 71.0 cm³/mol. The van der Waals surface area contributed by atoms with Crippen LogP contribution in [0.5, 0.6) is 0 Å². The molecule has 3 rings (SSSR count). The van der Waals surface area contributed by atoms with Crippen LogP contribution in [-0.2, 0) is 9.47 Å². The Morgan fingerprint density at radius 2 is 1.95 bits per heavy atom. The first-order chi connectivity index (χ1) is 8.94. The summed E-state index contributed by atoms with van der Waals surface area (Å²) in [5.41, 5.74) is -0.446. The number of ether oxygens (including phenoxy) is 2. The molecule has 1 aliphatic heterocycles. The zero-order chi connectivity index (χ0) is 13.6. The molecule has 1 saturated heterocycles. The van der Waals surface area contributed by atoms with E-state index in [0.29, 0.717) is 12.0 Å². The normalized spacial score (nSPS) is 37.4. The van der Waals surface area contributed by atoms with Gasteiger partial charge in [0.05, 0.1) is 18.2 Å². The van der Waals surface area contributed by atoms with E-state index in [1.807, 2.05) is 20.8 Å². The third-order valence-electron chi connectivity index (χ3n) is 4.07. The summed E-state index contributed by atoms with van der Waals surface area (Å²) in [5, 5.41) is 6.61. The van der Waals surface area contributed by atoms with Gasteiger partial charge in [-0.25, -0.2) is 4.79 Å². The van der Waals surface area contributed by atoms with Gasteiger partial charge in [0.1, 0.15) is 5.60 Å². The van der Waals surface area contributed by atoms with Gasteiger partial charge in [0.2, 0.25) is 0 Å². The number of carbonyl (C=O) groups is 1. The molecule has 2 aliphatic carbocycles. The van der Waals surface area contributed by atoms with E-state index in [9.17, 15) is 4.79 Å². The van der Waals surface area contributed by atoms with Crippen LogP contribution < -0.4 is 10.6 Å². The van der Waals surface area contributed by atoms with Crippen molar-refractivity contribution in [3.8, 4) is 0 Å². The van der Waals surface area contributed by atoms with Crippen molar-refractivity contribution >= 4 is 6.09 Å². The molecule has 3 fully saturated rings. The molecule has 5 nitrogen and oxygen atoms in total. The lowest BCUT2D eigenvalue weighted by Gasteiger charge is -2.48. The zero-order valence-corrected chi connectivity index (χ0v) is 11.9. The number of amides is 1. The summed E-state index contributed by atoms with van der Waals surface area (Å²) in [7, 11) is 0. The molecule has 0 spiro atoms. The van der Waals surface area contributed by atoms with Crippen molar-refractivity contribution in [1.82, 2.24) is 10.6 Å². The molecule has 1 amide bonds. The molecule has 1 heterocycles. The highest BCUT2D eigenvalue weighted by atomic mass is 16.6. The maximum absolute atomic E-state index is 11.9. The third-order valence-corrected chi connectivity index (χ3v) is 4.07. The minimum Gasteiger partial charge on any atom is -0.444 e. The first kappa shape index (κ1) is 13.2. The van der Waals surface area contributed by atoms with Crippen LogP contribution in [0.2, 0.25) is 0 Å². The molecule has 2 N–H and O–H groups in total. The zero-order valence-electron chi connectivity index (χ0n) is 11.9. The number of hydrogen-bond acceptors (Lipinski definition) is 4. The summed E-state index contributed by atoms with van der Waals surface area (Å²) >= 11 is 0. The third kappa shape index (κ3) is 2.87. The smallest absolute Gasteiger partial charge is 0.407 e. The van der Waals surface area contributed by atoms with Crippen molar-refractivity contribution in [2.45, 2.75) is 69.9 Å². The van der Waals surface area contributed by atoms with Gasteiger partial charge >= 0.3 is 6.09 Å². The van der Waals surface area contributed by atoms with Crippen LogP contribution >= 0.6 is 0 Å². The molecule has 19 heavy (non-hydrogen) atoms. The van der Waals surface area contributed by atoms with Gasteiger partial charge in [-0.1, -0.05) is 0 Å². The molecular weight excluding hydrogens is 244 g/mol. The summed E-state index contributed by atoms with van der Waals surface area (Å²) in [5.74, 6) is 0.448. The molecule has 0 aromatic carbocycles. The lowest BCUT2D eigenvalue weighted by Crippen LogP contribution is -2.70. The van der Waals surface area contributed by atoms with Gasteiger partial charge in [0.25, 0.3) is 0 Å². The average molecular weight is 268 g/mol. The lowest BCUT2D eigenvalue weighted by molar-refractivity contribution is -0.0344. The molecule has 2 saturated carbocycles. The van der Waals surface area contributed by atoms with Crippen LogP contribution in [-0.4, -0.2) is 42.5 Å². The minimum absolute atomic E-state index is 0.156. The van der Waals surface area contributed by atoms with E-state index in [4.69, 9.17) is 9.47 Å². The van der Waals surface area contributed by atoms with E-state index < -0.39 is 5.60 Å². The summed E-state index contributed by atoms with van der Waals surface area (Å²) < 4.78 is 11.1. The van der Waals surface area contributed by atoms with Crippen molar-refractivity contribution in [3.63, 3.8) is 0 Å². The van der Waals surface area contributed by atoms with E-state index in [0.717, 1.165) is 13.0 Å². The van der Waals surface area contributed by atoms with Crippen molar-refractivity contribution in [3.05, 3.63) is 0 Å². The van der Waals surface area contributed by atoms with Crippen molar-refractivity contribution in [2.75, 3.05) is 6.61 Å². The summed E-state index contributed by atoms with van der Waals surface area (Å²) in [4.78, 5) is 11.9. The Bertz CT molecular complexity index is 362. The second-order valence-electron chi connectivity index (χ2n) is 6.93. The van der Waals surface area contributed by atoms with Crippen molar-refractivity contribution in [1.29, 1.82) is 0 Å². The van der Waals surface area contributed by atoms with Crippen molar-refractivity contribution in [2.24, 2.45) is 5.92 Å². The Balaban J connectivity index is 1.57. The Hall–Kier alpha value is -0.810. The fraction of sp³-hybridized carbons (Fsp3) is 0.929. The van der Waals surface area contributed by atoms with Crippen LogP contribution in [0.4, 0.5) is 4.79 Å². The molecule has 0 aromatic rings. The van der Waals surface area contributed by atoms with Gasteiger partial charge in [-0.2, -0.15) is 0 Å². The Labute approximate surface area is 114 Å². The minimum atomic E-state index is -0.446. The molecule has 4 atom stereocenters. The van der Waals surface area contributed by atoms with E-state index in [1.54, 1.807) is 0 Å². The van der Waals surface area contributed by atoms with Gasteiger partial charge in [-0.05, 0) is 40.0 Å². The van der Waals surface area contributed by atoms with E-state index >= 15 is 0 Å². The molecule has 3 aliphatic rings. The quantitative estimate of drug-likeness (QED) is 0.812. The molecule has 0 radical (unpaired) electrons. The highest BCUT2D eigenvalue weighted by Crippen LogP contribution is 2.40. The van der Waals surface area contributed by atoms with Gasteiger partial charge in [0, 0.05) is 18.6 Å². The number of rotatable bonds is 3. The van der Waals surface area contributed by atoms with Crippen LogP contribution in [0.1, 0.15) is 40.0 Å². The Morgan fingerprint density at radius 1 is 1.21 bits per heavy atom. The molecule has 108 valence electrons. The summed E-state index contributed by atoms with van der Waals surface area (Å²) in [6.45, 7) is 6.46. The largest absolute Gasteiger partial charge is 0.444 e. The van der Waals surface area contributed by atoms with Gasteiger partial charge in [-0.15, -0.1) is 0 Å². The van der Waals surface area contributed by atoms with Gasteiger partial charge < -0.3 is 20.1 Å². The number of carbonyl (C=O) groups excluding carboxylic acids is 1. The first-order valence-corrected chi connectivity index (χ1v) is 7.31. The summed E-state index contributed by atoms with van der Waals surface area (Å²) in [6.07, 6.45) is 3.49. The second kappa shape index (κ2) is 4.63. The second-order valence-corrected chi connectivity index (χ2v) is 6.93. The Kier molecular flexibility index (Phi) is 3.21. The monoisotopic (exact) mass is 268 g/mol. The number of alkyl carbamates (subject to hydrolysis) is 1. The van der Waals surface area contributed by atoms with Crippen LogP contribution in [0.15, 0.2) is 0 Å². The maximum Gasteiger partial charge on any atom is 0.407 e. The molecule has 0 aromatic heterocycles. The SMILES string of the molecule is CC(C)(C)OC(=O)NC1C2CCOC2C1NC1CC1.